The van der Waals surface area contributed by atoms with Crippen molar-refractivity contribution in [1.82, 2.24) is 4.90 Å². The molecule has 2 aromatic rings. The van der Waals surface area contributed by atoms with Crippen LogP contribution in [0.2, 0.25) is 0 Å². The number of hydrogen-bond acceptors (Lipinski definition) is 5. The zero-order valence-electron chi connectivity index (χ0n) is 17.0. The Hall–Kier alpha value is -3.87. The highest BCUT2D eigenvalue weighted by Crippen LogP contribution is 2.39. The monoisotopic (exact) mass is 421 g/mol. The molecule has 7 nitrogen and oxygen atoms in total. The third-order valence-electron chi connectivity index (χ3n) is 5.00. The zero-order valence-corrected chi connectivity index (χ0v) is 17.0. The van der Waals surface area contributed by atoms with Crippen LogP contribution in [0, 0.1) is 0 Å². The first-order valence-electron chi connectivity index (χ1n) is 9.79. The third kappa shape index (κ3) is 5.01. The summed E-state index contributed by atoms with van der Waals surface area (Å²) in [7, 11) is 1.51. The molecule has 0 saturated heterocycles. The molecule has 7 heteroatoms. The Kier molecular flexibility index (Phi) is 6.87. The summed E-state index contributed by atoms with van der Waals surface area (Å²) in [6, 6.07) is 15.2. The summed E-state index contributed by atoms with van der Waals surface area (Å²) in [5.41, 5.74) is 1.35. The molecule has 160 valence electrons. The Morgan fingerprint density at radius 2 is 1.87 bits per heavy atom. The average molecular weight is 421 g/mol. The van der Waals surface area contributed by atoms with Crippen molar-refractivity contribution >= 4 is 23.7 Å². The zero-order chi connectivity index (χ0) is 22.4. The number of carboxylic acid groups (broad SMARTS) is 1. The second kappa shape index (κ2) is 9.75. The van der Waals surface area contributed by atoms with Gasteiger partial charge in [0.15, 0.2) is 11.5 Å². The van der Waals surface area contributed by atoms with Gasteiger partial charge in [0.05, 0.1) is 18.7 Å². The Morgan fingerprint density at radius 3 is 2.55 bits per heavy atom. The van der Waals surface area contributed by atoms with Crippen molar-refractivity contribution in [2.24, 2.45) is 0 Å². The molecule has 3 rings (SSSR count). The molecule has 0 unspecified atom stereocenters. The van der Waals surface area contributed by atoms with Gasteiger partial charge in [-0.05, 0) is 35.8 Å². The normalized spacial score (nSPS) is 16.2. The van der Waals surface area contributed by atoms with Gasteiger partial charge in [-0.15, -0.1) is 0 Å². The van der Waals surface area contributed by atoms with Gasteiger partial charge in [0.25, 0.3) is 5.91 Å². The van der Waals surface area contributed by atoms with Crippen molar-refractivity contribution in [2.45, 2.75) is 18.9 Å². The van der Waals surface area contributed by atoms with Crippen molar-refractivity contribution in [3.05, 3.63) is 83.1 Å². The summed E-state index contributed by atoms with van der Waals surface area (Å²) >= 11 is 0. The highest BCUT2D eigenvalue weighted by atomic mass is 16.5. The predicted molar refractivity (Wildman–Crippen MR) is 114 cm³/mol. The standard InChI is InChI=1S/C24H23NO6/c1-31-18-10-5-9-17(15-18)22-21(19(26)13-12-16-7-3-2-4-8-16)23(29)24(30)25(22)14-6-11-20(27)28/h2-5,7-10,12-13,15,22,29H,6,11,14H2,1H3,(H,27,28)/b13-12+/t22-/m0/s1. The van der Waals surface area contributed by atoms with Gasteiger partial charge in [-0.1, -0.05) is 48.5 Å². The van der Waals surface area contributed by atoms with E-state index in [1.54, 1.807) is 30.3 Å². The van der Waals surface area contributed by atoms with Gasteiger partial charge in [0.1, 0.15) is 5.75 Å². The van der Waals surface area contributed by atoms with Crippen molar-refractivity contribution < 1.29 is 29.3 Å². The first-order chi connectivity index (χ1) is 14.9. The van der Waals surface area contributed by atoms with Gasteiger partial charge >= 0.3 is 5.97 Å². The second-order valence-corrected chi connectivity index (χ2v) is 7.05. The van der Waals surface area contributed by atoms with Crippen LogP contribution < -0.4 is 4.74 Å². The van der Waals surface area contributed by atoms with Crippen LogP contribution in [0.15, 0.2) is 72.0 Å². The number of ether oxygens (including phenoxy) is 1. The number of methoxy groups -OCH3 is 1. The number of nitrogens with zero attached hydrogens (tertiary/aromatic N) is 1. The fourth-order valence-electron chi connectivity index (χ4n) is 3.52. The van der Waals surface area contributed by atoms with Crippen molar-refractivity contribution in [3.63, 3.8) is 0 Å². The molecule has 0 fully saturated rings. The van der Waals surface area contributed by atoms with Crippen molar-refractivity contribution in [2.75, 3.05) is 13.7 Å². The lowest BCUT2D eigenvalue weighted by Gasteiger charge is -2.26. The first-order valence-corrected chi connectivity index (χ1v) is 9.79. The molecule has 0 saturated carbocycles. The molecule has 1 amide bonds. The Morgan fingerprint density at radius 1 is 1.13 bits per heavy atom. The van der Waals surface area contributed by atoms with E-state index in [0.29, 0.717) is 11.3 Å². The van der Waals surface area contributed by atoms with E-state index in [-0.39, 0.29) is 25.0 Å². The van der Waals surface area contributed by atoms with E-state index in [1.807, 2.05) is 30.3 Å². The predicted octanol–water partition coefficient (Wildman–Crippen LogP) is 3.54. The smallest absolute Gasteiger partial charge is 0.303 e. The molecule has 31 heavy (non-hydrogen) atoms. The quantitative estimate of drug-likeness (QED) is 0.600. The van der Waals surface area contributed by atoms with Crippen LogP contribution in [0.3, 0.4) is 0 Å². The number of rotatable bonds is 9. The van der Waals surface area contributed by atoms with Crippen LogP contribution in [0.1, 0.15) is 30.0 Å². The Bertz CT molecular complexity index is 1040. The maximum absolute atomic E-state index is 13.0. The lowest BCUT2D eigenvalue weighted by atomic mass is 9.95. The minimum absolute atomic E-state index is 0.0410. The molecule has 0 bridgehead atoms. The van der Waals surface area contributed by atoms with E-state index in [9.17, 15) is 19.5 Å². The van der Waals surface area contributed by atoms with Crippen LogP contribution >= 0.6 is 0 Å². The summed E-state index contributed by atoms with van der Waals surface area (Å²) in [5.74, 6) is -2.26. The lowest BCUT2D eigenvalue weighted by Crippen LogP contribution is -2.32. The fourth-order valence-corrected chi connectivity index (χ4v) is 3.52. The van der Waals surface area contributed by atoms with E-state index < -0.39 is 29.5 Å². The SMILES string of the molecule is COc1cccc([C@H]2C(C(=O)/C=C/c3ccccc3)=C(O)C(=O)N2CCCC(=O)O)c1. The van der Waals surface area contributed by atoms with Gasteiger partial charge in [-0.2, -0.15) is 0 Å². The van der Waals surface area contributed by atoms with Gasteiger partial charge < -0.3 is 19.8 Å². The van der Waals surface area contributed by atoms with Crippen molar-refractivity contribution in [3.8, 4) is 5.75 Å². The highest BCUT2D eigenvalue weighted by Gasteiger charge is 2.42. The molecule has 0 aromatic heterocycles. The number of amides is 1. The van der Waals surface area contributed by atoms with E-state index in [4.69, 9.17) is 9.84 Å². The summed E-state index contributed by atoms with van der Waals surface area (Å²) in [4.78, 5) is 38.0. The van der Waals surface area contributed by atoms with E-state index in [1.165, 1.54) is 18.1 Å². The third-order valence-corrected chi connectivity index (χ3v) is 5.00. The molecular formula is C24H23NO6. The molecular weight excluding hydrogens is 398 g/mol. The largest absolute Gasteiger partial charge is 0.503 e. The topological polar surface area (TPSA) is 104 Å². The number of ketones is 1. The van der Waals surface area contributed by atoms with Crippen LogP contribution in [-0.4, -0.2) is 46.4 Å². The van der Waals surface area contributed by atoms with E-state index in [2.05, 4.69) is 0 Å². The van der Waals surface area contributed by atoms with E-state index >= 15 is 0 Å². The Balaban J connectivity index is 1.97. The van der Waals surface area contributed by atoms with Crippen LogP contribution in [-0.2, 0) is 14.4 Å². The maximum atomic E-state index is 13.0. The number of carbonyl (C=O) groups excluding carboxylic acids is 2. The summed E-state index contributed by atoms with van der Waals surface area (Å²) in [6.45, 7) is 0.0796. The highest BCUT2D eigenvalue weighted by molar-refractivity contribution is 6.14. The first kappa shape index (κ1) is 21.8. The molecule has 1 heterocycles. The van der Waals surface area contributed by atoms with Crippen LogP contribution in [0.5, 0.6) is 5.75 Å². The number of benzene rings is 2. The van der Waals surface area contributed by atoms with Gasteiger partial charge in [0, 0.05) is 13.0 Å². The summed E-state index contributed by atoms with van der Waals surface area (Å²) in [6.07, 6.45) is 2.99. The van der Waals surface area contributed by atoms with Gasteiger partial charge in [-0.3, -0.25) is 14.4 Å². The summed E-state index contributed by atoms with van der Waals surface area (Å²) in [5, 5.41) is 19.5. The Labute approximate surface area is 179 Å². The molecule has 0 aliphatic carbocycles. The second-order valence-electron chi connectivity index (χ2n) is 7.05. The number of carboxylic acids is 1. The maximum Gasteiger partial charge on any atom is 0.303 e. The van der Waals surface area contributed by atoms with Gasteiger partial charge in [0.2, 0.25) is 0 Å². The lowest BCUT2D eigenvalue weighted by molar-refractivity contribution is -0.138. The van der Waals surface area contributed by atoms with Gasteiger partial charge in [-0.25, -0.2) is 0 Å². The molecule has 2 aromatic carbocycles. The molecule has 1 atom stereocenters. The number of aliphatic carboxylic acids is 1. The number of carbonyl (C=O) groups is 3. The van der Waals surface area contributed by atoms with Crippen LogP contribution in [0.25, 0.3) is 6.08 Å². The number of allylic oxidation sites excluding steroid dienone is 1. The number of aliphatic hydroxyl groups is 1. The molecule has 1 aliphatic heterocycles. The fraction of sp³-hybridized carbons (Fsp3) is 0.208. The molecule has 1 aliphatic rings. The number of hydrogen-bond donors (Lipinski definition) is 2. The van der Waals surface area contributed by atoms with Crippen LogP contribution in [0.4, 0.5) is 0 Å². The molecule has 0 spiro atoms. The summed E-state index contributed by atoms with van der Waals surface area (Å²) < 4.78 is 5.26. The minimum atomic E-state index is -0.983. The molecule has 2 N–H and O–H groups in total. The van der Waals surface area contributed by atoms with Crippen molar-refractivity contribution in [1.29, 1.82) is 0 Å². The van der Waals surface area contributed by atoms with E-state index in [0.717, 1.165) is 5.56 Å². The minimum Gasteiger partial charge on any atom is -0.503 e. The average Bonchev–Trinajstić information content (AvgIpc) is 3.03. The molecule has 0 radical (unpaired) electrons. The number of aliphatic hydroxyl groups excluding tert-OH is 1.